The quantitative estimate of drug-likeness (QED) is 0.421. The number of alkyl halides is 3. The number of carbonyl (C=O) groups is 2. The predicted molar refractivity (Wildman–Crippen MR) is 95.7 cm³/mol. The van der Waals surface area contributed by atoms with Gasteiger partial charge in [-0.05, 0) is 29.8 Å². The Morgan fingerprint density at radius 2 is 1.78 bits per heavy atom. The largest absolute Gasteiger partial charge is 0.457 e. The Balaban J connectivity index is 1.96. The zero-order valence-electron chi connectivity index (χ0n) is 13.8. The maximum Gasteiger partial charge on any atom is 0.416 e. The standard InChI is InChI=1S/C20H13F3O3S/c21-20(22,23)14-6-8-16(18-9-7-15(11-24)27-18)17(10-14)19(25)26-12-13-4-2-1-3-5-13/h1-11H,12H2. The molecule has 138 valence electrons. The minimum atomic E-state index is -4.59. The summed E-state index contributed by atoms with van der Waals surface area (Å²) in [5.41, 5.74) is -0.122. The molecule has 0 aliphatic heterocycles. The number of aldehydes is 1. The van der Waals surface area contributed by atoms with Crippen molar-refractivity contribution in [1.29, 1.82) is 0 Å². The molecular formula is C20H13F3O3S. The predicted octanol–water partition coefficient (Wildman–Crippen LogP) is 5.60. The molecule has 0 radical (unpaired) electrons. The van der Waals surface area contributed by atoms with Gasteiger partial charge in [0.15, 0.2) is 6.29 Å². The Labute approximate surface area is 157 Å². The normalized spacial score (nSPS) is 11.2. The summed E-state index contributed by atoms with van der Waals surface area (Å²) in [6.45, 7) is -0.0562. The smallest absolute Gasteiger partial charge is 0.416 e. The van der Waals surface area contributed by atoms with E-state index in [1.807, 2.05) is 0 Å². The van der Waals surface area contributed by atoms with Crippen molar-refractivity contribution >= 4 is 23.6 Å². The lowest BCUT2D eigenvalue weighted by Gasteiger charge is -2.13. The van der Waals surface area contributed by atoms with Gasteiger partial charge in [-0.2, -0.15) is 13.2 Å². The summed E-state index contributed by atoms with van der Waals surface area (Å²) in [5, 5.41) is 0. The summed E-state index contributed by atoms with van der Waals surface area (Å²) < 4.78 is 44.4. The summed E-state index contributed by atoms with van der Waals surface area (Å²) in [6, 6.07) is 14.9. The van der Waals surface area contributed by atoms with Crippen LogP contribution in [0.15, 0.2) is 60.7 Å². The molecule has 1 aromatic heterocycles. The van der Waals surface area contributed by atoms with Crippen LogP contribution in [-0.4, -0.2) is 12.3 Å². The molecular weight excluding hydrogens is 377 g/mol. The number of esters is 1. The summed E-state index contributed by atoms with van der Waals surface area (Å²) in [6.07, 6.45) is -3.94. The third-order valence-corrected chi connectivity index (χ3v) is 4.83. The van der Waals surface area contributed by atoms with Crippen LogP contribution in [0.3, 0.4) is 0 Å². The third-order valence-electron chi connectivity index (χ3n) is 3.79. The molecule has 0 aliphatic rings. The summed E-state index contributed by atoms with van der Waals surface area (Å²) >= 11 is 1.09. The molecule has 0 spiro atoms. The first-order valence-electron chi connectivity index (χ1n) is 7.86. The number of hydrogen-bond acceptors (Lipinski definition) is 4. The molecule has 0 unspecified atom stereocenters. The SMILES string of the molecule is O=Cc1ccc(-c2ccc(C(F)(F)F)cc2C(=O)OCc2ccccc2)s1. The van der Waals surface area contributed by atoms with Crippen molar-refractivity contribution in [1.82, 2.24) is 0 Å². The minimum Gasteiger partial charge on any atom is -0.457 e. The van der Waals surface area contributed by atoms with Crippen LogP contribution in [0.5, 0.6) is 0 Å². The molecule has 0 atom stereocenters. The first-order chi connectivity index (χ1) is 12.9. The van der Waals surface area contributed by atoms with E-state index in [-0.39, 0.29) is 12.2 Å². The van der Waals surface area contributed by atoms with Crippen LogP contribution in [-0.2, 0) is 17.5 Å². The van der Waals surface area contributed by atoms with E-state index < -0.39 is 17.7 Å². The summed E-state index contributed by atoms with van der Waals surface area (Å²) in [4.78, 5) is 24.3. The second-order valence-electron chi connectivity index (χ2n) is 5.64. The van der Waals surface area contributed by atoms with Crippen LogP contribution in [0.1, 0.15) is 31.2 Å². The fourth-order valence-corrected chi connectivity index (χ4v) is 3.33. The highest BCUT2D eigenvalue weighted by atomic mass is 32.1. The van der Waals surface area contributed by atoms with Gasteiger partial charge in [0.25, 0.3) is 0 Å². The van der Waals surface area contributed by atoms with E-state index in [2.05, 4.69) is 0 Å². The van der Waals surface area contributed by atoms with Gasteiger partial charge in [-0.3, -0.25) is 4.79 Å². The number of ether oxygens (including phenoxy) is 1. The van der Waals surface area contributed by atoms with Crippen molar-refractivity contribution in [2.45, 2.75) is 12.8 Å². The number of benzene rings is 2. The van der Waals surface area contributed by atoms with E-state index in [0.717, 1.165) is 29.0 Å². The van der Waals surface area contributed by atoms with E-state index in [9.17, 15) is 22.8 Å². The Kier molecular flexibility index (Phi) is 5.41. The van der Waals surface area contributed by atoms with E-state index in [1.54, 1.807) is 42.5 Å². The van der Waals surface area contributed by atoms with E-state index in [0.29, 0.717) is 21.6 Å². The van der Waals surface area contributed by atoms with E-state index in [4.69, 9.17) is 4.74 Å². The molecule has 1 heterocycles. The fourth-order valence-electron chi connectivity index (χ4n) is 2.47. The van der Waals surface area contributed by atoms with Crippen molar-refractivity contribution in [3.05, 3.63) is 82.2 Å². The lowest BCUT2D eigenvalue weighted by Crippen LogP contribution is -2.11. The molecule has 0 saturated carbocycles. The zero-order chi connectivity index (χ0) is 19.4. The average Bonchev–Trinajstić information content (AvgIpc) is 3.15. The topological polar surface area (TPSA) is 43.4 Å². The monoisotopic (exact) mass is 390 g/mol. The van der Waals surface area contributed by atoms with Gasteiger partial charge in [-0.15, -0.1) is 11.3 Å². The zero-order valence-corrected chi connectivity index (χ0v) is 14.6. The van der Waals surface area contributed by atoms with E-state index >= 15 is 0 Å². The first-order valence-corrected chi connectivity index (χ1v) is 8.68. The molecule has 3 nitrogen and oxygen atoms in total. The molecule has 3 aromatic rings. The van der Waals surface area contributed by atoms with Crippen molar-refractivity contribution in [3.63, 3.8) is 0 Å². The number of hydrogen-bond donors (Lipinski definition) is 0. The summed E-state index contributed by atoms with van der Waals surface area (Å²) in [7, 11) is 0. The average molecular weight is 390 g/mol. The van der Waals surface area contributed by atoms with Crippen molar-refractivity contribution in [3.8, 4) is 10.4 Å². The molecule has 0 aliphatic carbocycles. The van der Waals surface area contributed by atoms with Crippen molar-refractivity contribution < 1.29 is 27.5 Å². The summed E-state index contributed by atoms with van der Waals surface area (Å²) in [5.74, 6) is -0.860. The molecule has 7 heteroatoms. The van der Waals surface area contributed by atoms with Gasteiger partial charge in [0, 0.05) is 10.4 Å². The Hall–Kier alpha value is -2.93. The number of thiophene rings is 1. The molecule has 0 amide bonds. The van der Waals surface area contributed by atoms with Gasteiger partial charge >= 0.3 is 12.1 Å². The highest BCUT2D eigenvalue weighted by Crippen LogP contribution is 2.36. The lowest BCUT2D eigenvalue weighted by atomic mass is 10.0. The molecule has 3 rings (SSSR count). The van der Waals surface area contributed by atoms with Crippen LogP contribution < -0.4 is 0 Å². The maximum absolute atomic E-state index is 13.1. The second kappa shape index (κ2) is 7.75. The van der Waals surface area contributed by atoms with Crippen molar-refractivity contribution in [2.24, 2.45) is 0 Å². The van der Waals surface area contributed by atoms with E-state index in [1.165, 1.54) is 6.07 Å². The van der Waals surface area contributed by atoms with Gasteiger partial charge in [0.05, 0.1) is 16.0 Å². The van der Waals surface area contributed by atoms with Crippen LogP contribution in [0.25, 0.3) is 10.4 Å². The van der Waals surface area contributed by atoms with Gasteiger partial charge in [0.2, 0.25) is 0 Å². The molecule has 0 bridgehead atoms. The Morgan fingerprint density at radius 3 is 2.41 bits per heavy atom. The Morgan fingerprint density at radius 1 is 1.04 bits per heavy atom. The van der Waals surface area contributed by atoms with Crippen LogP contribution >= 0.6 is 11.3 Å². The number of halogens is 3. The first kappa shape index (κ1) is 18.8. The van der Waals surface area contributed by atoms with Gasteiger partial charge in [-0.25, -0.2) is 4.79 Å². The molecule has 0 fully saturated rings. The Bertz CT molecular complexity index is 962. The highest BCUT2D eigenvalue weighted by molar-refractivity contribution is 7.17. The minimum absolute atomic E-state index is 0.0562. The van der Waals surface area contributed by atoms with Crippen LogP contribution in [0.4, 0.5) is 13.2 Å². The highest BCUT2D eigenvalue weighted by Gasteiger charge is 2.32. The van der Waals surface area contributed by atoms with Gasteiger partial charge < -0.3 is 4.74 Å². The number of carbonyl (C=O) groups excluding carboxylic acids is 2. The second-order valence-corrected chi connectivity index (χ2v) is 6.76. The molecule has 27 heavy (non-hydrogen) atoms. The van der Waals surface area contributed by atoms with Crippen LogP contribution in [0.2, 0.25) is 0 Å². The van der Waals surface area contributed by atoms with Crippen LogP contribution in [0, 0.1) is 0 Å². The lowest BCUT2D eigenvalue weighted by molar-refractivity contribution is -0.137. The fraction of sp³-hybridized carbons (Fsp3) is 0.100. The molecule has 2 aromatic carbocycles. The van der Waals surface area contributed by atoms with Gasteiger partial charge in [-0.1, -0.05) is 36.4 Å². The van der Waals surface area contributed by atoms with Gasteiger partial charge in [0.1, 0.15) is 6.61 Å². The molecule has 0 saturated heterocycles. The third kappa shape index (κ3) is 4.43. The number of rotatable bonds is 5. The van der Waals surface area contributed by atoms with Crippen molar-refractivity contribution in [2.75, 3.05) is 0 Å². The maximum atomic E-state index is 13.1. The molecule has 0 N–H and O–H groups in total.